The molecule has 2 heterocycles. The monoisotopic (exact) mass is 302 g/mol. The maximum Gasteiger partial charge on any atom is 0.421 e. The normalized spacial score (nSPS) is 19.3. The maximum absolute atomic E-state index is 13.0. The van der Waals surface area contributed by atoms with E-state index in [0.717, 1.165) is 44.3 Å². The number of piperidine rings is 1. The van der Waals surface area contributed by atoms with Gasteiger partial charge < -0.3 is 10.1 Å². The Kier molecular flexibility index (Phi) is 4.16. The molecule has 2 aliphatic rings. The molecule has 0 bridgehead atoms. The zero-order valence-corrected chi connectivity index (χ0v) is 12.9. The van der Waals surface area contributed by atoms with Crippen molar-refractivity contribution in [2.75, 3.05) is 24.6 Å². The summed E-state index contributed by atoms with van der Waals surface area (Å²) in [6.45, 7) is 3.97. The van der Waals surface area contributed by atoms with E-state index >= 15 is 0 Å². The molecule has 1 N–H and O–H groups in total. The molecular weight excluding hydrogens is 280 g/mol. The number of anilines is 1. The number of unbranched alkanes of at least 4 members (excludes halogenated alkanes) is 1. The first-order chi connectivity index (χ1) is 10.7. The van der Waals surface area contributed by atoms with E-state index in [2.05, 4.69) is 5.32 Å². The lowest BCUT2D eigenvalue weighted by Gasteiger charge is -2.32. The lowest BCUT2D eigenvalue weighted by Crippen LogP contribution is -2.48. The summed E-state index contributed by atoms with van der Waals surface area (Å²) in [6, 6.07) is 7.60. The minimum absolute atomic E-state index is 0.128. The Balaban J connectivity index is 1.92. The highest BCUT2D eigenvalue weighted by molar-refractivity contribution is 6.21. The Morgan fingerprint density at radius 2 is 2.05 bits per heavy atom. The van der Waals surface area contributed by atoms with Gasteiger partial charge in [-0.1, -0.05) is 31.5 Å². The van der Waals surface area contributed by atoms with Crippen LogP contribution < -0.4 is 10.2 Å². The molecule has 1 spiro atoms. The molecule has 5 heteroatoms. The summed E-state index contributed by atoms with van der Waals surface area (Å²) < 4.78 is 5.28. The Bertz CT molecular complexity index is 579. The third kappa shape index (κ3) is 2.29. The quantitative estimate of drug-likeness (QED) is 0.872. The van der Waals surface area contributed by atoms with Crippen LogP contribution in [0.4, 0.5) is 10.5 Å². The van der Waals surface area contributed by atoms with E-state index in [-0.39, 0.29) is 5.91 Å². The molecule has 1 aromatic rings. The Labute approximate surface area is 130 Å². The van der Waals surface area contributed by atoms with Gasteiger partial charge in [-0.25, -0.2) is 9.69 Å². The summed E-state index contributed by atoms with van der Waals surface area (Å²) in [5.41, 5.74) is 1.09. The molecule has 0 atom stereocenters. The average Bonchev–Trinajstić information content (AvgIpc) is 2.78. The molecule has 22 heavy (non-hydrogen) atoms. The minimum atomic E-state index is -0.564. The van der Waals surface area contributed by atoms with Gasteiger partial charge in [-0.2, -0.15) is 0 Å². The Morgan fingerprint density at radius 3 is 2.77 bits per heavy atom. The van der Waals surface area contributed by atoms with Gasteiger partial charge in [0, 0.05) is 0 Å². The van der Waals surface area contributed by atoms with Crippen LogP contribution in [0.1, 0.15) is 38.2 Å². The molecule has 3 rings (SSSR count). The number of para-hydroxylation sites is 1. The second-order valence-electron chi connectivity index (χ2n) is 5.96. The molecule has 0 radical (unpaired) electrons. The van der Waals surface area contributed by atoms with Crippen LogP contribution in [0, 0.1) is 0 Å². The standard InChI is InChI=1S/C17H22N2O3/c1-2-3-12-22-16(21)19-14-7-5-4-6-13(14)17(15(19)20)8-10-18-11-9-17/h4-7,18H,2-3,8-12H2,1H3. The van der Waals surface area contributed by atoms with Crippen molar-refractivity contribution in [3.63, 3.8) is 0 Å². The maximum atomic E-state index is 13.0. The fourth-order valence-corrected chi connectivity index (χ4v) is 3.40. The number of ether oxygens (including phenoxy) is 1. The molecule has 118 valence electrons. The van der Waals surface area contributed by atoms with Gasteiger partial charge in [0.15, 0.2) is 0 Å². The van der Waals surface area contributed by atoms with Crippen LogP contribution in [-0.2, 0) is 14.9 Å². The highest BCUT2D eigenvalue weighted by Crippen LogP contribution is 2.47. The molecule has 0 saturated carbocycles. The summed E-state index contributed by atoms with van der Waals surface area (Å²) in [7, 11) is 0. The molecule has 2 amide bonds. The highest BCUT2D eigenvalue weighted by atomic mass is 16.6. The number of amides is 2. The van der Waals surface area contributed by atoms with Crippen LogP contribution in [0.2, 0.25) is 0 Å². The van der Waals surface area contributed by atoms with E-state index in [0.29, 0.717) is 12.3 Å². The lowest BCUT2D eigenvalue weighted by atomic mass is 9.74. The minimum Gasteiger partial charge on any atom is -0.449 e. The van der Waals surface area contributed by atoms with Gasteiger partial charge in [0.1, 0.15) is 0 Å². The third-order valence-electron chi connectivity index (χ3n) is 4.64. The lowest BCUT2D eigenvalue weighted by molar-refractivity contribution is -0.123. The molecule has 1 saturated heterocycles. The summed E-state index contributed by atoms with van der Waals surface area (Å²) >= 11 is 0. The average molecular weight is 302 g/mol. The number of hydrogen-bond donors (Lipinski definition) is 1. The van der Waals surface area contributed by atoms with Gasteiger partial charge in [0.25, 0.3) is 0 Å². The summed E-state index contributed by atoms with van der Waals surface area (Å²) in [5.74, 6) is -0.128. The first kappa shape index (κ1) is 15.0. The second-order valence-corrected chi connectivity index (χ2v) is 5.96. The molecule has 2 aliphatic heterocycles. The fraction of sp³-hybridized carbons (Fsp3) is 0.529. The summed E-state index contributed by atoms with van der Waals surface area (Å²) in [4.78, 5) is 26.6. The number of benzene rings is 1. The number of imide groups is 1. The van der Waals surface area contributed by atoms with Crippen molar-refractivity contribution in [3.8, 4) is 0 Å². The molecular formula is C17H22N2O3. The van der Waals surface area contributed by atoms with Crippen molar-refractivity contribution in [1.82, 2.24) is 5.32 Å². The van der Waals surface area contributed by atoms with Crippen molar-refractivity contribution < 1.29 is 14.3 Å². The second kappa shape index (κ2) is 6.08. The SMILES string of the molecule is CCCCOC(=O)N1C(=O)C2(CCNCC2)c2ccccc21. The van der Waals surface area contributed by atoms with Crippen molar-refractivity contribution >= 4 is 17.7 Å². The summed E-state index contributed by atoms with van der Waals surface area (Å²) in [5, 5.41) is 3.29. The number of rotatable bonds is 3. The van der Waals surface area contributed by atoms with Gasteiger partial charge in [-0.05, 0) is 44.0 Å². The smallest absolute Gasteiger partial charge is 0.421 e. The number of nitrogens with zero attached hydrogens (tertiary/aromatic N) is 1. The Hall–Kier alpha value is -1.88. The van der Waals surface area contributed by atoms with Crippen molar-refractivity contribution in [3.05, 3.63) is 29.8 Å². The topological polar surface area (TPSA) is 58.6 Å². The number of nitrogens with one attached hydrogen (secondary N) is 1. The van der Waals surface area contributed by atoms with E-state index in [1.807, 2.05) is 31.2 Å². The van der Waals surface area contributed by atoms with Crippen LogP contribution in [0.5, 0.6) is 0 Å². The largest absolute Gasteiger partial charge is 0.449 e. The fourth-order valence-electron chi connectivity index (χ4n) is 3.40. The van der Waals surface area contributed by atoms with Gasteiger partial charge >= 0.3 is 6.09 Å². The van der Waals surface area contributed by atoms with Gasteiger partial charge in [-0.15, -0.1) is 0 Å². The molecule has 1 fully saturated rings. The van der Waals surface area contributed by atoms with Crippen molar-refractivity contribution in [2.45, 2.75) is 38.0 Å². The van der Waals surface area contributed by atoms with Gasteiger partial charge in [0.2, 0.25) is 5.91 Å². The zero-order valence-electron chi connectivity index (χ0n) is 12.9. The molecule has 0 aromatic heterocycles. The van der Waals surface area contributed by atoms with E-state index in [9.17, 15) is 9.59 Å². The number of hydrogen-bond acceptors (Lipinski definition) is 4. The van der Waals surface area contributed by atoms with Crippen LogP contribution >= 0.6 is 0 Å². The van der Waals surface area contributed by atoms with Gasteiger partial charge in [-0.3, -0.25) is 4.79 Å². The van der Waals surface area contributed by atoms with Crippen LogP contribution in [-0.4, -0.2) is 31.7 Å². The van der Waals surface area contributed by atoms with Crippen molar-refractivity contribution in [2.24, 2.45) is 0 Å². The van der Waals surface area contributed by atoms with E-state index in [4.69, 9.17) is 4.74 Å². The first-order valence-corrected chi connectivity index (χ1v) is 8.02. The summed E-state index contributed by atoms with van der Waals surface area (Å²) in [6.07, 6.45) is 2.67. The molecule has 5 nitrogen and oxygen atoms in total. The number of carbonyl (C=O) groups is 2. The highest BCUT2D eigenvalue weighted by Gasteiger charge is 2.53. The first-order valence-electron chi connectivity index (χ1n) is 8.02. The Morgan fingerprint density at radius 1 is 1.32 bits per heavy atom. The molecule has 0 unspecified atom stereocenters. The predicted molar refractivity (Wildman–Crippen MR) is 84.0 cm³/mol. The van der Waals surface area contributed by atoms with Gasteiger partial charge in [0.05, 0.1) is 17.7 Å². The van der Waals surface area contributed by atoms with E-state index in [1.54, 1.807) is 0 Å². The molecule has 1 aromatic carbocycles. The van der Waals surface area contributed by atoms with Crippen LogP contribution in [0.15, 0.2) is 24.3 Å². The van der Waals surface area contributed by atoms with Crippen LogP contribution in [0.3, 0.4) is 0 Å². The number of carbonyl (C=O) groups excluding carboxylic acids is 2. The third-order valence-corrected chi connectivity index (χ3v) is 4.64. The number of fused-ring (bicyclic) bond motifs is 2. The van der Waals surface area contributed by atoms with Crippen LogP contribution in [0.25, 0.3) is 0 Å². The van der Waals surface area contributed by atoms with Crippen molar-refractivity contribution in [1.29, 1.82) is 0 Å². The van der Waals surface area contributed by atoms with E-state index in [1.165, 1.54) is 4.90 Å². The predicted octanol–water partition coefficient (Wildman–Crippen LogP) is 2.59. The molecule has 0 aliphatic carbocycles. The van der Waals surface area contributed by atoms with E-state index < -0.39 is 11.5 Å². The zero-order chi connectivity index (χ0) is 15.6.